The van der Waals surface area contributed by atoms with Gasteiger partial charge in [-0.05, 0) is 34.6 Å². The van der Waals surface area contributed by atoms with Crippen LogP contribution in [0.15, 0.2) is 48.5 Å². The lowest BCUT2D eigenvalue weighted by Crippen LogP contribution is -2.48. The number of carboxylic acid groups (broad SMARTS) is 1. The second-order valence-corrected chi connectivity index (χ2v) is 8.43. The van der Waals surface area contributed by atoms with Gasteiger partial charge in [-0.25, -0.2) is 13.6 Å². The van der Waals surface area contributed by atoms with E-state index in [1.165, 1.54) is 0 Å². The number of nitrogens with one attached hydrogen (secondary N) is 2. The van der Waals surface area contributed by atoms with Crippen molar-refractivity contribution in [1.29, 1.82) is 0 Å². The zero-order valence-electron chi connectivity index (χ0n) is 18.8. The van der Waals surface area contributed by atoms with Crippen molar-refractivity contribution < 1.29 is 33.0 Å². The molecule has 182 valence electrons. The third-order valence-electron chi connectivity index (χ3n) is 5.83. The topological polar surface area (TPSA) is 105 Å². The van der Waals surface area contributed by atoms with Crippen molar-refractivity contribution in [2.75, 3.05) is 13.2 Å². The minimum Gasteiger partial charge on any atom is -0.481 e. The van der Waals surface area contributed by atoms with Crippen molar-refractivity contribution >= 4 is 18.0 Å². The molecule has 2 unspecified atom stereocenters. The maximum Gasteiger partial charge on any atom is 0.407 e. The highest BCUT2D eigenvalue weighted by Crippen LogP contribution is 2.44. The van der Waals surface area contributed by atoms with Crippen molar-refractivity contribution in [3.8, 4) is 11.1 Å². The molecular weight excluding hydrogens is 446 g/mol. The molecule has 0 radical (unpaired) electrons. The van der Waals surface area contributed by atoms with Gasteiger partial charge in [0, 0.05) is 25.3 Å². The first-order valence-electron chi connectivity index (χ1n) is 11.2. The number of hydrogen-bond acceptors (Lipinski definition) is 4. The second kappa shape index (κ2) is 11.6. The molecule has 0 aromatic heterocycles. The monoisotopic (exact) mass is 474 g/mol. The van der Waals surface area contributed by atoms with Crippen LogP contribution in [0.2, 0.25) is 0 Å². The molecule has 0 fully saturated rings. The van der Waals surface area contributed by atoms with Crippen LogP contribution in [0.1, 0.15) is 43.2 Å². The average Bonchev–Trinajstić information content (AvgIpc) is 3.10. The van der Waals surface area contributed by atoms with Crippen LogP contribution < -0.4 is 10.6 Å². The fourth-order valence-electron chi connectivity index (χ4n) is 4.16. The van der Waals surface area contributed by atoms with Gasteiger partial charge >= 0.3 is 12.1 Å². The first kappa shape index (κ1) is 25.1. The number of carbonyl (C=O) groups excluding carboxylic acids is 2. The Morgan fingerprint density at radius 1 is 1.03 bits per heavy atom. The quantitative estimate of drug-likeness (QED) is 0.454. The van der Waals surface area contributed by atoms with Gasteiger partial charge in [-0.15, -0.1) is 0 Å². The van der Waals surface area contributed by atoms with Gasteiger partial charge in [0.2, 0.25) is 12.3 Å². The highest BCUT2D eigenvalue weighted by molar-refractivity contribution is 5.85. The Morgan fingerprint density at radius 2 is 1.62 bits per heavy atom. The lowest BCUT2D eigenvalue weighted by Gasteiger charge is -2.20. The van der Waals surface area contributed by atoms with Gasteiger partial charge in [-0.1, -0.05) is 55.5 Å². The number of hydrogen-bond donors (Lipinski definition) is 3. The number of alkyl carbamates (subject to hydrolysis) is 1. The van der Waals surface area contributed by atoms with Crippen LogP contribution >= 0.6 is 0 Å². The SMILES string of the molecule is CC(CCNC(=O)C(CC(F)F)NC(=O)OCC1c2ccccc2-c2ccccc21)CC(=O)O. The second-order valence-electron chi connectivity index (χ2n) is 8.43. The van der Waals surface area contributed by atoms with E-state index in [1.807, 2.05) is 48.5 Å². The highest BCUT2D eigenvalue weighted by atomic mass is 19.3. The van der Waals surface area contributed by atoms with Crippen LogP contribution in [0.4, 0.5) is 13.6 Å². The zero-order chi connectivity index (χ0) is 24.7. The first-order valence-corrected chi connectivity index (χ1v) is 11.2. The van der Waals surface area contributed by atoms with Gasteiger partial charge in [-0.3, -0.25) is 9.59 Å². The smallest absolute Gasteiger partial charge is 0.407 e. The van der Waals surface area contributed by atoms with Crippen molar-refractivity contribution in [3.05, 3.63) is 59.7 Å². The standard InChI is InChI=1S/C25H28F2N2O5/c1-15(12-23(30)31)10-11-28-24(32)21(13-22(26)27)29-25(33)34-14-20-18-8-4-2-6-16(18)17-7-3-5-9-19(17)20/h2-9,15,20-22H,10-14H2,1H3,(H,28,32)(H,29,33)(H,30,31). The van der Waals surface area contributed by atoms with Gasteiger partial charge < -0.3 is 20.5 Å². The molecule has 2 atom stereocenters. The van der Waals surface area contributed by atoms with Crippen molar-refractivity contribution in [3.63, 3.8) is 0 Å². The molecule has 3 N–H and O–H groups in total. The average molecular weight is 475 g/mol. The summed E-state index contributed by atoms with van der Waals surface area (Å²) in [6, 6.07) is 14.1. The number of fused-ring (bicyclic) bond motifs is 3. The molecule has 9 heteroatoms. The molecule has 0 saturated heterocycles. The predicted octanol–water partition coefficient (Wildman–Crippen LogP) is 4.17. The van der Waals surface area contributed by atoms with E-state index in [-0.39, 0.29) is 31.4 Å². The lowest BCUT2D eigenvalue weighted by atomic mass is 9.98. The molecule has 0 spiro atoms. The largest absolute Gasteiger partial charge is 0.481 e. The summed E-state index contributed by atoms with van der Waals surface area (Å²) < 4.78 is 31.4. The van der Waals surface area contributed by atoms with Gasteiger partial charge in [0.15, 0.2) is 0 Å². The minimum absolute atomic E-state index is 0.00438. The van der Waals surface area contributed by atoms with E-state index in [0.29, 0.717) is 6.42 Å². The fourth-order valence-corrected chi connectivity index (χ4v) is 4.16. The molecule has 34 heavy (non-hydrogen) atoms. The first-order chi connectivity index (χ1) is 16.3. The van der Waals surface area contributed by atoms with E-state index in [2.05, 4.69) is 10.6 Å². The van der Waals surface area contributed by atoms with Crippen molar-refractivity contribution in [2.24, 2.45) is 5.92 Å². The normalized spacial score (nSPS) is 14.1. The maximum atomic E-state index is 13.0. The molecule has 2 aromatic rings. The summed E-state index contributed by atoms with van der Waals surface area (Å²) in [5.41, 5.74) is 4.13. The summed E-state index contributed by atoms with van der Waals surface area (Å²) >= 11 is 0. The summed E-state index contributed by atoms with van der Waals surface area (Å²) in [5, 5.41) is 13.5. The zero-order valence-corrected chi connectivity index (χ0v) is 18.8. The van der Waals surface area contributed by atoms with Crippen molar-refractivity contribution in [1.82, 2.24) is 10.6 Å². The van der Waals surface area contributed by atoms with E-state index >= 15 is 0 Å². The highest BCUT2D eigenvalue weighted by Gasteiger charge is 2.30. The fraction of sp³-hybridized carbons (Fsp3) is 0.400. The molecule has 0 saturated carbocycles. The third-order valence-corrected chi connectivity index (χ3v) is 5.83. The number of carbonyl (C=O) groups is 3. The number of carboxylic acids is 1. The van der Waals surface area contributed by atoms with Crippen LogP contribution in [-0.2, 0) is 14.3 Å². The molecule has 0 aliphatic heterocycles. The summed E-state index contributed by atoms with van der Waals surface area (Å²) in [6.07, 6.45) is -4.32. The van der Waals surface area contributed by atoms with Gasteiger partial charge in [0.1, 0.15) is 12.6 Å². The Balaban J connectivity index is 1.57. The number of benzene rings is 2. The number of aliphatic carboxylic acids is 1. The molecule has 1 aliphatic carbocycles. The molecule has 0 bridgehead atoms. The van der Waals surface area contributed by atoms with E-state index in [9.17, 15) is 23.2 Å². The Bertz CT molecular complexity index is 984. The van der Waals surface area contributed by atoms with Crippen molar-refractivity contribution in [2.45, 2.75) is 44.6 Å². The Morgan fingerprint density at radius 3 is 2.18 bits per heavy atom. The number of amides is 2. The molecule has 7 nitrogen and oxygen atoms in total. The third kappa shape index (κ3) is 6.52. The summed E-state index contributed by atoms with van der Waals surface area (Å²) in [5.74, 6) is -2.11. The van der Waals surface area contributed by atoms with Gasteiger partial charge in [-0.2, -0.15) is 0 Å². The van der Waals surface area contributed by atoms with Crippen LogP contribution in [0.3, 0.4) is 0 Å². The van der Waals surface area contributed by atoms with E-state index in [4.69, 9.17) is 9.84 Å². The van der Waals surface area contributed by atoms with Gasteiger partial charge in [0.05, 0.1) is 0 Å². The van der Waals surface area contributed by atoms with E-state index < -0.39 is 36.9 Å². The molecule has 3 rings (SSSR count). The Hall–Kier alpha value is -3.49. The van der Waals surface area contributed by atoms with E-state index in [0.717, 1.165) is 22.3 Å². The molecule has 2 amide bonds. The number of alkyl halides is 2. The predicted molar refractivity (Wildman–Crippen MR) is 122 cm³/mol. The molecular formula is C25H28F2N2O5. The number of rotatable bonds is 11. The summed E-state index contributed by atoms with van der Waals surface area (Å²) in [6.45, 7) is 1.82. The lowest BCUT2D eigenvalue weighted by molar-refractivity contribution is -0.138. The van der Waals surface area contributed by atoms with Crippen LogP contribution in [-0.4, -0.2) is 48.7 Å². The van der Waals surface area contributed by atoms with Crippen LogP contribution in [0.25, 0.3) is 11.1 Å². The van der Waals surface area contributed by atoms with Crippen LogP contribution in [0, 0.1) is 5.92 Å². The Labute approximate surface area is 196 Å². The van der Waals surface area contributed by atoms with E-state index in [1.54, 1.807) is 6.92 Å². The molecule has 1 aliphatic rings. The van der Waals surface area contributed by atoms with Gasteiger partial charge in [0.25, 0.3) is 0 Å². The number of ether oxygens (including phenoxy) is 1. The van der Waals surface area contributed by atoms with Crippen LogP contribution in [0.5, 0.6) is 0 Å². The molecule has 0 heterocycles. The maximum absolute atomic E-state index is 13.0. The molecule has 2 aromatic carbocycles. The Kier molecular flexibility index (Phi) is 8.56. The summed E-state index contributed by atoms with van der Waals surface area (Å²) in [7, 11) is 0. The summed E-state index contributed by atoms with van der Waals surface area (Å²) in [4.78, 5) is 35.5. The number of halogens is 2. The minimum atomic E-state index is -2.81.